The normalized spacial score (nSPS) is 23.2. The van der Waals surface area contributed by atoms with Crippen LogP contribution in [0.25, 0.3) is 22.0 Å². The molecule has 3 aliphatic heterocycles. The van der Waals surface area contributed by atoms with Gasteiger partial charge in [-0.1, -0.05) is 6.07 Å². The molecule has 16 heteroatoms. The molecule has 2 aromatic heterocycles. The topological polar surface area (TPSA) is 188 Å². The molecule has 45 heavy (non-hydrogen) atoms. The fraction of sp³-hybridized carbons (Fsp3) is 0.345. The number of nitrogens with zero attached hydrogens (tertiary/aromatic N) is 9. The van der Waals surface area contributed by atoms with E-state index in [1.165, 1.54) is 9.58 Å². The summed E-state index contributed by atoms with van der Waals surface area (Å²) in [5.41, 5.74) is 8.03. The molecule has 0 radical (unpaired) electrons. The van der Waals surface area contributed by atoms with Crippen molar-refractivity contribution < 1.29 is 18.8 Å². The third kappa shape index (κ3) is 5.66. The van der Waals surface area contributed by atoms with E-state index < -0.39 is 29.9 Å². The standard InChI is InChI=1S/C29H31FN12O3/c1-32-27(21-13-37-42(28(21)33-2)19-6-7-34-12-19)38-29(45)23-10-18(30)14-40(23)24(43)15-41-22-4-3-16(17-5-8-35-36-11-17)9-20(22)25(39-41)26(31)44/h3-5,8-9,11,13,18-19,23,34H,1,6-7,10,12,14-15H2,2H3,(H2,31,44)(H,38,45)/b27-21+,33-28+. The number of alkyl halides is 1. The number of carbonyl (C=O) groups is 3. The molecule has 3 aromatic rings. The number of halogens is 1. The number of amides is 3. The largest absolute Gasteiger partial charge is 0.364 e. The summed E-state index contributed by atoms with van der Waals surface area (Å²) in [5.74, 6) is -1.33. The van der Waals surface area contributed by atoms with E-state index in [-0.39, 0.29) is 37.1 Å². The number of amidine groups is 1. The highest BCUT2D eigenvalue weighted by Crippen LogP contribution is 2.28. The number of benzene rings is 1. The lowest BCUT2D eigenvalue weighted by atomic mass is 10.0. The summed E-state index contributed by atoms with van der Waals surface area (Å²) in [6.07, 6.45) is 3.93. The second-order valence-electron chi connectivity index (χ2n) is 10.8. The lowest BCUT2D eigenvalue weighted by molar-refractivity contribution is -0.138. The van der Waals surface area contributed by atoms with Crippen LogP contribution in [-0.2, 0) is 16.1 Å². The van der Waals surface area contributed by atoms with Gasteiger partial charge >= 0.3 is 0 Å². The Morgan fingerprint density at radius 1 is 1.22 bits per heavy atom. The summed E-state index contributed by atoms with van der Waals surface area (Å²) < 4.78 is 16.1. The molecular weight excluding hydrogens is 583 g/mol. The van der Waals surface area contributed by atoms with Crippen LogP contribution in [0, 0.1) is 0 Å². The Morgan fingerprint density at radius 3 is 2.76 bits per heavy atom. The smallest absolute Gasteiger partial charge is 0.269 e. The summed E-state index contributed by atoms with van der Waals surface area (Å²) in [5, 5.41) is 24.6. The first-order valence-electron chi connectivity index (χ1n) is 14.3. The van der Waals surface area contributed by atoms with Crippen LogP contribution in [0.15, 0.2) is 63.1 Å². The van der Waals surface area contributed by atoms with Crippen LogP contribution in [0.2, 0.25) is 0 Å². The minimum Gasteiger partial charge on any atom is -0.364 e. The zero-order chi connectivity index (χ0) is 31.7. The van der Waals surface area contributed by atoms with E-state index in [0.29, 0.717) is 22.3 Å². The lowest BCUT2D eigenvalue weighted by Gasteiger charge is -2.24. The van der Waals surface area contributed by atoms with Crippen LogP contribution in [-0.4, -0.2) is 111 Å². The molecule has 15 nitrogen and oxygen atoms in total. The molecule has 0 spiro atoms. The summed E-state index contributed by atoms with van der Waals surface area (Å²) in [6, 6.07) is 5.97. The van der Waals surface area contributed by atoms with Crippen molar-refractivity contribution in [3.05, 3.63) is 53.7 Å². The highest BCUT2D eigenvalue weighted by atomic mass is 19.1. The minimum atomic E-state index is -1.42. The number of likely N-dealkylation sites (tertiary alicyclic amines) is 1. The number of aliphatic imine (C=N–C) groups is 2. The minimum absolute atomic E-state index is 0.0249. The first-order valence-corrected chi connectivity index (χ1v) is 14.3. The number of rotatable bonds is 8. The van der Waals surface area contributed by atoms with E-state index in [1.54, 1.807) is 54.9 Å². The molecule has 3 amide bonds. The van der Waals surface area contributed by atoms with Gasteiger partial charge in [0.25, 0.3) is 5.91 Å². The van der Waals surface area contributed by atoms with Crippen molar-refractivity contribution in [2.75, 3.05) is 26.7 Å². The number of hydrogen-bond donors (Lipinski definition) is 3. The zero-order valence-corrected chi connectivity index (χ0v) is 24.4. The Kier molecular flexibility index (Phi) is 8.12. The third-order valence-corrected chi connectivity index (χ3v) is 8.08. The van der Waals surface area contributed by atoms with Crippen LogP contribution >= 0.6 is 0 Å². The molecule has 0 bridgehead atoms. The van der Waals surface area contributed by atoms with Crippen molar-refractivity contribution >= 4 is 47.4 Å². The van der Waals surface area contributed by atoms with E-state index in [9.17, 15) is 18.8 Å². The molecular formula is C29H31FN12O3. The Labute approximate surface area is 256 Å². The Hall–Kier alpha value is -5.38. The summed E-state index contributed by atoms with van der Waals surface area (Å²) in [4.78, 5) is 48.9. The van der Waals surface area contributed by atoms with E-state index in [1.807, 2.05) is 0 Å². The molecule has 1 aromatic carbocycles. The van der Waals surface area contributed by atoms with Crippen molar-refractivity contribution in [3.63, 3.8) is 0 Å². The van der Waals surface area contributed by atoms with Gasteiger partial charge in [0.1, 0.15) is 24.6 Å². The average Bonchev–Trinajstić information content (AvgIpc) is 3.85. The monoisotopic (exact) mass is 614 g/mol. The fourth-order valence-electron chi connectivity index (χ4n) is 5.90. The quantitative estimate of drug-likeness (QED) is 0.301. The number of nitrogens with two attached hydrogens (primary N) is 1. The highest BCUT2D eigenvalue weighted by molar-refractivity contribution is 6.19. The van der Waals surface area contributed by atoms with Crippen molar-refractivity contribution in [1.82, 2.24) is 40.5 Å². The van der Waals surface area contributed by atoms with E-state index in [0.717, 1.165) is 30.6 Å². The van der Waals surface area contributed by atoms with Crippen LogP contribution in [0.3, 0.4) is 0 Å². The second-order valence-corrected chi connectivity index (χ2v) is 10.8. The Balaban J connectivity index is 1.23. The molecule has 2 saturated heterocycles. The van der Waals surface area contributed by atoms with Gasteiger partial charge in [0.05, 0.1) is 42.3 Å². The zero-order valence-electron chi connectivity index (χ0n) is 24.4. The van der Waals surface area contributed by atoms with Crippen molar-refractivity contribution in [2.24, 2.45) is 20.8 Å². The molecule has 3 atom stereocenters. The van der Waals surface area contributed by atoms with Crippen LogP contribution in [0.1, 0.15) is 23.3 Å². The van der Waals surface area contributed by atoms with Crippen LogP contribution < -0.4 is 16.4 Å². The molecule has 4 N–H and O–H groups in total. The Morgan fingerprint density at radius 2 is 2.07 bits per heavy atom. The fourth-order valence-corrected chi connectivity index (χ4v) is 5.90. The van der Waals surface area contributed by atoms with Crippen LogP contribution in [0.5, 0.6) is 0 Å². The molecule has 5 heterocycles. The number of carbonyl (C=O) groups excluding carboxylic acids is 3. The van der Waals surface area contributed by atoms with Crippen molar-refractivity contribution in [1.29, 1.82) is 0 Å². The van der Waals surface area contributed by atoms with Gasteiger partial charge in [-0.05, 0) is 43.4 Å². The van der Waals surface area contributed by atoms with Gasteiger partial charge in [-0.25, -0.2) is 14.4 Å². The third-order valence-electron chi connectivity index (χ3n) is 8.08. The van der Waals surface area contributed by atoms with E-state index >= 15 is 0 Å². The SMILES string of the molecule is C=N/C(NC(=O)C1CC(F)CN1C(=O)Cn1nc(C(N)=O)c2cc(-c3ccnnc3)ccc21)=C1/C=NN(C2CCNC2)/C1=N/C. The summed E-state index contributed by atoms with van der Waals surface area (Å²) in [7, 11) is 1.62. The number of primary amides is 1. The molecule has 0 saturated carbocycles. The molecule has 0 aliphatic carbocycles. The van der Waals surface area contributed by atoms with Gasteiger partial charge < -0.3 is 21.3 Å². The number of hydrazone groups is 1. The number of fused-ring (bicyclic) bond motifs is 1. The molecule has 232 valence electrons. The second kappa shape index (κ2) is 12.3. The van der Waals surface area contributed by atoms with Crippen LogP contribution in [0.4, 0.5) is 4.39 Å². The maximum absolute atomic E-state index is 14.7. The van der Waals surface area contributed by atoms with E-state index in [2.05, 4.69) is 47.7 Å². The lowest BCUT2D eigenvalue weighted by Crippen LogP contribution is -2.47. The van der Waals surface area contributed by atoms with E-state index in [4.69, 9.17) is 5.73 Å². The van der Waals surface area contributed by atoms with Gasteiger partial charge in [-0.15, -0.1) is 0 Å². The predicted molar refractivity (Wildman–Crippen MR) is 164 cm³/mol. The molecule has 3 unspecified atom stereocenters. The van der Waals surface area contributed by atoms with Gasteiger partial charge in [-0.2, -0.15) is 20.4 Å². The Bertz CT molecular complexity index is 1760. The number of aromatic nitrogens is 4. The molecule has 2 fully saturated rings. The van der Waals surface area contributed by atoms with Gasteiger partial charge in [0.2, 0.25) is 11.8 Å². The summed E-state index contributed by atoms with van der Waals surface area (Å²) >= 11 is 0. The maximum Gasteiger partial charge on any atom is 0.269 e. The highest BCUT2D eigenvalue weighted by Gasteiger charge is 2.41. The van der Waals surface area contributed by atoms with Crippen molar-refractivity contribution in [3.8, 4) is 11.1 Å². The van der Waals surface area contributed by atoms with Gasteiger partial charge in [-0.3, -0.25) is 24.1 Å². The predicted octanol–water partition coefficient (Wildman–Crippen LogP) is 0.251. The first kappa shape index (κ1) is 29.7. The van der Waals surface area contributed by atoms with Gasteiger partial charge in [0, 0.05) is 31.0 Å². The maximum atomic E-state index is 14.7. The van der Waals surface area contributed by atoms with Crippen molar-refractivity contribution in [2.45, 2.75) is 37.6 Å². The molecule has 6 rings (SSSR count). The average molecular weight is 615 g/mol. The van der Waals surface area contributed by atoms with Gasteiger partial charge in [0.15, 0.2) is 11.5 Å². The summed E-state index contributed by atoms with van der Waals surface area (Å²) in [6.45, 7) is 4.55. The number of hydrogen-bond acceptors (Lipinski definition) is 10. The first-order chi connectivity index (χ1) is 21.8. The number of nitrogens with one attached hydrogen (secondary N) is 2. The molecule has 3 aliphatic rings.